The fourth-order valence-corrected chi connectivity index (χ4v) is 2.68. The van der Waals surface area contributed by atoms with Gasteiger partial charge in [-0.2, -0.15) is 0 Å². The highest BCUT2D eigenvalue weighted by Crippen LogP contribution is 2.32. The molecule has 1 unspecified atom stereocenters. The van der Waals surface area contributed by atoms with Gasteiger partial charge in [-0.15, -0.1) is 0 Å². The molecule has 3 rings (SSSR count). The van der Waals surface area contributed by atoms with Crippen molar-refractivity contribution in [1.29, 1.82) is 0 Å². The smallest absolute Gasteiger partial charge is 0.245 e. The van der Waals surface area contributed by atoms with Gasteiger partial charge in [0.25, 0.3) is 0 Å². The minimum atomic E-state index is -0.278. The van der Waals surface area contributed by atoms with E-state index in [-0.39, 0.29) is 11.9 Å². The Kier molecular flexibility index (Phi) is 2.21. The standard InChI is InChI=1S/C13H16N2O/c14-11-8-15(13(11)16)12-7-3-5-9-4-1-2-6-10(9)12/h3,5,7,11H,1-2,4,6,8,14H2. The number of carbonyl (C=O) groups is 1. The van der Waals surface area contributed by atoms with Crippen molar-refractivity contribution in [3.8, 4) is 0 Å². The first-order chi connectivity index (χ1) is 7.77. The van der Waals surface area contributed by atoms with Crippen LogP contribution in [0, 0.1) is 0 Å². The molecule has 0 spiro atoms. The third-order valence-corrected chi connectivity index (χ3v) is 3.62. The number of nitrogens with two attached hydrogens (primary N) is 1. The number of rotatable bonds is 1. The first kappa shape index (κ1) is 9.85. The van der Waals surface area contributed by atoms with Crippen LogP contribution in [0.1, 0.15) is 24.0 Å². The number of carbonyl (C=O) groups excluding carboxylic acids is 1. The summed E-state index contributed by atoms with van der Waals surface area (Å²) in [7, 11) is 0. The average molecular weight is 216 g/mol. The summed E-state index contributed by atoms with van der Waals surface area (Å²) in [4.78, 5) is 13.5. The molecule has 2 N–H and O–H groups in total. The number of β-lactam (4-membered cyclic amide) rings is 1. The van der Waals surface area contributed by atoms with E-state index in [9.17, 15) is 4.79 Å². The van der Waals surface area contributed by atoms with E-state index in [1.807, 2.05) is 11.0 Å². The fraction of sp³-hybridized carbons (Fsp3) is 0.462. The molecular formula is C13H16N2O. The van der Waals surface area contributed by atoms with Crippen molar-refractivity contribution in [2.24, 2.45) is 5.73 Å². The molecule has 1 fully saturated rings. The molecule has 3 nitrogen and oxygen atoms in total. The molecule has 0 aromatic heterocycles. The Morgan fingerprint density at radius 3 is 2.81 bits per heavy atom. The van der Waals surface area contributed by atoms with Gasteiger partial charge in [-0.25, -0.2) is 0 Å². The van der Waals surface area contributed by atoms with Crippen molar-refractivity contribution in [2.75, 3.05) is 11.4 Å². The average Bonchev–Trinajstić information content (AvgIpc) is 2.35. The molecule has 1 aliphatic heterocycles. The zero-order chi connectivity index (χ0) is 11.1. The second kappa shape index (κ2) is 3.59. The summed E-state index contributed by atoms with van der Waals surface area (Å²) in [5.74, 6) is 0.0685. The van der Waals surface area contributed by atoms with Crippen LogP contribution in [-0.4, -0.2) is 18.5 Å². The molecule has 0 bridgehead atoms. The van der Waals surface area contributed by atoms with E-state index in [0.29, 0.717) is 6.54 Å². The number of anilines is 1. The van der Waals surface area contributed by atoms with E-state index in [4.69, 9.17) is 5.73 Å². The predicted octanol–water partition coefficient (Wildman–Crippen LogP) is 1.24. The van der Waals surface area contributed by atoms with Crippen LogP contribution in [0.5, 0.6) is 0 Å². The summed E-state index contributed by atoms with van der Waals surface area (Å²) in [5.41, 5.74) is 9.52. The topological polar surface area (TPSA) is 46.3 Å². The zero-order valence-electron chi connectivity index (χ0n) is 9.28. The minimum absolute atomic E-state index is 0.0685. The molecule has 1 heterocycles. The van der Waals surface area contributed by atoms with E-state index in [1.54, 1.807) is 0 Å². The van der Waals surface area contributed by atoms with Crippen LogP contribution in [0.3, 0.4) is 0 Å². The quantitative estimate of drug-likeness (QED) is 0.718. The summed E-state index contributed by atoms with van der Waals surface area (Å²) in [6.45, 7) is 0.676. The van der Waals surface area contributed by atoms with Crippen LogP contribution in [0.2, 0.25) is 0 Å². The molecule has 0 radical (unpaired) electrons. The second-order valence-electron chi connectivity index (χ2n) is 4.68. The Hall–Kier alpha value is -1.35. The molecule has 3 heteroatoms. The van der Waals surface area contributed by atoms with Crippen LogP contribution >= 0.6 is 0 Å². The molecule has 1 atom stereocenters. The fourth-order valence-electron chi connectivity index (χ4n) is 2.68. The first-order valence-electron chi connectivity index (χ1n) is 5.95. The molecule has 1 aromatic carbocycles. The Morgan fingerprint density at radius 1 is 1.25 bits per heavy atom. The van der Waals surface area contributed by atoms with Crippen LogP contribution in [0.15, 0.2) is 18.2 Å². The normalized spacial score (nSPS) is 23.9. The predicted molar refractivity (Wildman–Crippen MR) is 63.4 cm³/mol. The van der Waals surface area contributed by atoms with E-state index in [0.717, 1.165) is 18.5 Å². The Bertz CT molecular complexity index is 442. The maximum Gasteiger partial charge on any atom is 0.245 e. The van der Waals surface area contributed by atoms with Crippen molar-refractivity contribution >= 4 is 11.6 Å². The summed E-state index contributed by atoms with van der Waals surface area (Å²) in [6.07, 6.45) is 4.75. The number of nitrogens with zero attached hydrogens (tertiary/aromatic N) is 1. The maximum atomic E-state index is 11.6. The molecule has 84 valence electrons. The van der Waals surface area contributed by atoms with Crippen LogP contribution in [0.25, 0.3) is 0 Å². The van der Waals surface area contributed by atoms with Crippen LogP contribution in [-0.2, 0) is 17.6 Å². The molecule has 1 aliphatic carbocycles. The number of aryl methyl sites for hydroxylation is 1. The van der Waals surface area contributed by atoms with Crippen LogP contribution < -0.4 is 10.6 Å². The number of amides is 1. The number of fused-ring (bicyclic) bond motifs is 1. The highest BCUT2D eigenvalue weighted by Gasteiger charge is 2.36. The molecular weight excluding hydrogens is 200 g/mol. The van der Waals surface area contributed by atoms with E-state index in [2.05, 4.69) is 12.1 Å². The van der Waals surface area contributed by atoms with Crippen molar-refractivity contribution < 1.29 is 4.79 Å². The van der Waals surface area contributed by atoms with Crippen molar-refractivity contribution in [3.63, 3.8) is 0 Å². The Morgan fingerprint density at radius 2 is 2.06 bits per heavy atom. The summed E-state index contributed by atoms with van der Waals surface area (Å²) in [6, 6.07) is 6.01. The minimum Gasteiger partial charge on any atom is -0.318 e. The van der Waals surface area contributed by atoms with Gasteiger partial charge in [-0.1, -0.05) is 12.1 Å². The number of benzene rings is 1. The van der Waals surface area contributed by atoms with Crippen molar-refractivity contribution in [2.45, 2.75) is 31.7 Å². The Balaban J connectivity index is 1.98. The molecule has 1 aromatic rings. The Labute approximate surface area is 95.2 Å². The molecule has 1 saturated heterocycles. The summed E-state index contributed by atoms with van der Waals surface area (Å²) < 4.78 is 0. The maximum absolute atomic E-state index is 11.6. The van der Waals surface area contributed by atoms with Gasteiger partial charge >= 0.3 is 0 Å². The molecule has 2 aliphatic rings. The lowest BCUT2D eigenvalue weighted by Gasteiger charge is -2.38. The van der Waals surface area contributed by atoms with Gasteiger partial charge in [0, 0.05) is 5.69 Å². The van der Waals surface area contributed by atoms with Gasteiger partial charge in [0.1, 0.15) is 6.04 Å². The third kappa shape index (κ3) is 1.35. The van der Waals surface area contributed by atoms with Gasteiger partial charge < -0.3 is 10.6 Å². The van der Waals surface area contributed by atoms with E-state index >= 15 is 0 Å². The van der Waals surface area contributed by atoms with Crippen molar-refractivity contribution in [1.82, 2.24) is 0 Å². The first-order valence-corrected chi connectivity index (χ1v) is 5.95. The van der Waals surface area contributed by atoms with Gasteiger partial charge in [0.05, 0.1) is 6.54 Å². The second-order valence-corrected chi connectivity index (χ2v) is 4.68. The van der Waals surface area contributed by atoms with Crippen molar-refractivity contribution in [3.05, 3.63) is 29.3 Å². The number of hydrogen-bond acceptors (Lipinski definition) is 2. The third-order valence-electron chi connectivity index (χ3n) is 3.62. The molecule has 1 amide bonds. The molecule has 16 heavy (non-hydrogen) atoms. The lowest BCUT2D eigenvalue weighted by molar-refractivity contribution is -0.123. The van der Waals surface area contributed by atoms with Crippen LogP contribution in [0.4, 0.5) is 5.69 Å². The lowest BCUT2D eigenvalue weighted by atomic mass is 9.89. The monoisotopic (exact) mass is 216 g/mol. The summed E-state index contributed by atoms with van der Waals surface area (Å²) >= 11 is 0. The van der Waals surface area contributed by atoms with E-state index in [1.165, 1.54) is 24.0 Å². The summed E-state index contributed by atoms with van der Waals surface area (Å²) in [5, 5.41) is 0. The number of hydrogen-bond donors (Lipinski definition) is 1. The highest BCUT2D eigenvalue weighted by molar-refractivity contribution is 6.04. The van der Waals surface area contributed by atoms with Gasteiger partial charge in [-0.05, 0) is 42.9 Å². The van der Waals surface area contributed by atoms with Gasteiger partial charge in [-0.3, -0.25) is 4.79 Å². The largest absolute Gasteiger partial charge is 0.318 e. The van der Waals surface area contributed by atoms with Gasteiger partial charge in [0.15, 0.2) is 0 Å². The highest BCUT2D eigenvalue weighted by atomic mass is 16.2. The zero-order valence-corrected chi connectivity index (χ0v) is 9.28. The van der Waals surface area contributed by atoms with Gasteiger partial charge in [0.2, 0.25) is 5.91 Å². The lowest BCUT2D eigenvalue weighted by Crippen LogP contribution is -2.61. The van der Waals surface area contributed by atoms with E-state index < -0.39 is 0 Å². The molecule has 0 saturated carbocycles. The SMILES string of the molecule is NC1CN(c2cccc3c2CCCC3)C1=O.